The number of unbranched alkanes of at least 4 members (excludes halogenated alkanes) is 1. The third kappa shape index (κ3) is 13.6. The van der Waals surface area contributed by atoms with Gasteiger partial charge in [0.2, 0.25) is 0 Å². The number of esters is 1. The van der Waals surface area contributed by atoms with Gasteiger partial charge in [-0.2, -0.15) is 0 Å². The Balaban J connectivity index is 1.29. The summed E-state index contributed by atoms with van der Waals surface area (Å²) in [5.74, 6) is -1.09. The van der Waals surface area contributed by atoms with E-state index in [1.807, 2.05) is 62.5 Å². The predicted octanol–water partition coefficient (Wildman–Crippen LogP) is 6.80. The van der Waals surface area contributed by atoms with E-state index in [2.05, 4.69) is 32.1 Å². The van der Waals surface area contributed by atoms with Gasteiger partial charge in [0.15, 0.2) is 6.10 Å². The molecule has 6 rings (SSSR count). The minimum atomic E-state index is -1.18. The van der Waals surface area contributed by atoms with Crippen molar-refractivity contribution in [2.75, 3.05) is 0 Å². The zero-order chi connectivity index (χ0) is 41.6. The third-order valence-electron chi connectivity index (χ3n) is 12.0. The second kappa shape index (κ2) is 22.8. The number of hydrogen-bond donors (Lipinski definition) is 4. The third-order valence-corrected chi connectivity index (χ3v) is 12.0. The van der Waals surface area contributed by atoms with E-state index in [0.717, 1.165) is 31.3 Å². The number of aliphatic hydroxyl groups is 3. The van der Waals surface area contributed by atoms with Gasteiger partial charge in [0.05, 0.1) is 42.7 Å². The lowest BCUT2D eigenvalue weighted by Crippen LogP contribution is -2.50. The quantitative estimate of drug-likeness (QED) is 0.122. The molecule has 7 bridgehead atoms. The van der Waals surface area contributed by atoms with E-state index in [1.54, 1.807) is 18.2 Å². The van der Waals surface area contributed by atoms with E-state index in [9.17, 15) is 24.9 Å². The average Bonchev–Trinajstić information content (AvgIpc) is 3.54. The van der Waals surface area contributed by atoms with E-state index in [0.29, 0.717) is 25.7 Å². The molecule has 11 heteroatoms. The molecule has 6 aliphatic rings. The van der Waals surface area contributed by atoms with Gasteiger partial charge in [0.1, 0.15) is 24.4 Å². The van der Waals surface area contributed by atoms with Crippen molar-refractivity contribution in [1.29, 1.82) is 0 Å². The van der Waals surface area contributed by atoms with Crippen LogP contribution in [0.2, 0.25) is 0 Å². The number of carbonyl (C=O) groups is 2. The number of ether oxygens (including phenoxy) is 5. The van der Waals surface area contributed by atoms with Crippen LogP contribution in [0.15, 0.2) is 96.7 Å². The van der Waals surface area contributed by atoms with Gasteiger partial charge in [0, 0.05) is 37.2 Å². The fourth-order valence-corrected chi connectivity index (χ4v) is 8.38. The van der Waals surface area contributed by atoms with Crippen LogP contribution in [0.1, 0.15) is 91.9 Å². The minimum absolute atomic E-state index is 0.0508. The monoisotopic (exact) mass is 806 g/mol. The molecule has 0 aromatic heterocycles. The van der Waals surface area contributed by atoms with Crippen molar-refractivity contribution in [3.05, 3.63) is 96.7 Å². The summed E-state index contributed by atoms with van der Waals surface area (Å²) in [7, 11) is 0. The molecule has 0 aliphatic carbocycles. The molecule has 11 nitrogen and oxygen atoms in total. The van der Waals surface area contributed by atoms with Crippen molar-refractivity contribution < 1.29 is 53.7 Å². The number of carbonyl (C=O) groups excluding carboxylic acids is 1. The summed E-state index contributed by atoms with van der Waals surface area (Å²) in [5.41, 5.74) is 0.945. The number of allylic oxidation sites excluding steroid dienone is 7. The molecule has 15 atom stereocenters. The highest BCUT2D eigenvalue weighted by atomic mass is 16.6. The molecule has 4 N–H and O–H groups in total. The SMILES string of the molecule is C/C(=C\[C@H](C)CCCCC(=O)O)[C@@H]1O[C@@H]2C=C[C@H]1OC(=O)\C=C/C=C\C=C\[C@H]1O[C@@H]3C[C@H]1O[C@@H](/C=C/C[C@H]1O[C@H](C[C@H](O)[C@H]1C)C(O)[C@H](O)/C=C/CC/C=C/C2)[C@@H]3C. The molecule has 6 aliphatic heterocycles. The first-order valence-corrected chi connectivity index (χ1v) is 21.3. The van der Waals surface area contributed by atoms with Crippen LogP contribution in [0.4, 0.5) is 0 Å². The number of hydrogen-bond acceptors (Lipinski definition) is 10. The van der Waals surface area contributed by atoms with Crippen molar-refractivity contribution in [1.82, 2.24) is 0 Å². The highest BCUT2D eigenvalue weighted by Crippen LogP contribution is 2.38. The number of carboxylic acid groups (broad SMARTS) is 1. The first-order valence-electron chi connectivity index (χ1n) is 21.3. The second-order valence-electron chi connectivity index (χ2n) is 16.6. The van der Waals surface area contributed by atoms with Crippen LogP contribution in [-0.2, 0) is 33.3 Å². The normalized spacial score (nSPS) is 41.7. The van der Waals surface area contributed by atoms with Crippen LogP contribution in [0, 0.1) is 17.8 Å². The van der Waals surface area contributed by atoms with E-state index in [1.165, 1.54) is 6.08 Å². The molecular formula is C47H66O11. The number of rotatable bonds is 7. The Bertz CT molecular complexity index is 1570. The van der Waals surface area contributed by atoms with Gasteiger partial charge in [-0.05, 0) is 63.0 Å². The fourth-order valence-electron chi connectivity index (χ4n) is 8.38. The Labute approximate surface area is 344 Å². The summed E-state index contributed by atoms with van der Waals surface area (Å²) in [6.07, 6.45) is 28.3. The maximum absolute atomic E-state index is 13.0. The Morgan fingerprint density at radius 2 is 1.53 bits per heavy atom. The van der Waals surface area contributed by atoms with Crippen LogP contribution < -0.4 is 0 Å². The number of aliphatic hydroxyl groups excluding tert-OH is 3. The van der Waals surface area contributed by atoms with E-state index in [-0.39, 0.29) is 67.2 Å². The van der Waals surface area contributed by atoms with Crippen molar-refractivity contribution in [2.45, 2.75) is 165 Å². The Kier molecular flexibility index (Phi) is 18.0. The minimum Gasteiger partial charge on any atom is -0.481 e. The highest BCUT2D eigenvalue weighted by Gasteiger charge is 2.45. The zero-order valence-corrected chi connectivity index (χ0v) is 34.5. The average molecular weight is 807 g/mol. The van der Waals surface area contributed by atoms with Gasteiger partial charge >= 0.3 is 11.9 Å². The summed E-state index contributed by atoms with van der Waals surface area (Å²) in [5, 5.41) is 41.7. The zero-order valence-electron chi connectivity index (χ0n) is 34.5. The smallest absolute Gasteiger partial charge is 0.331 e. The van der Waals surface area contributed by atoms with Crippen LogP contribution in [-0.4, -0.2) is 106 Å². The molecule has 0 spiro atoms. The van der Waals surface area contributed by atoms with E-state index in [4.69, 9.17) is 28.8 Å². The van der Waals surface area contributed by atoms with Gasteiger partial charge < -0.3 is 44.1 Å². The summed E-state index contributed by atoms with van der Waals surface area (Å²) < 4.78 is 31.5. The van der Waals surface area contributed by atoms with Gasteiger partial charge in [-0.25, -0.2) is 4.79 Å². The summed E-state index contributed by atoms with van der Waals surface area (Å²) >= 11 is 0. The van der Waals surface area contributed by atoms with Crippen LogP contribution in [0.25, 0.3) is 0 Å². The Morgan fingerprint density at radius 3 is 2.34 bits per heavy atom. The summed E-state index contributed by atoms with van der Waals surface area (Å²) in [6.45, 7) is 8.15. The topological polar surface area (TPSA) is 161 Å². The molecule has 58 heavy (non-hydrogen) atoms. The molecule has 0 saturated carbocycles. The van der Waals surface area contributed by atoms with Gasteiger partial charge in [-0.3, -0.25) is 4.79 Å². The van der Waals surface area contributed by atoms with Crippen molar-refractivity contribution in [2.24, 2.45) is 17.8 Å². The van der Waals surface area contributed by atoms with Crippen molar-refractivity contribution in [3.63, 3.8) is 0 Å². The fraction of sp³-hybridized carbons (Fsp3) is 0.617. The van der Waals surface area contributed by atoms with Crippen molar-refractivity contribution >= 4 is 11.9 Å². The molecule has 6 heterocycles. The highest BCUT2D eigenvalue weighted by molar-refractivity contribution is 5.82. The number of carboxylic acids is 1. The molecule has 0 aromatic carbocycles. The second-order valence-corrected chi connectivity index (χ2v) is 16.6. The molecule has 320 valence electrons. The molecule has 3 fully saturated rings. The molecule has 1 unspecified atom stereocenters. The maximum Gasteiger partial charge on any atom is 0.331 e. The number of aliphatic carboxylic acids is 1. The molecule has 0 radical (unpaired) electrons. The first-order chi connectivity index (χ1) is 27.9. The molecule has 3 saturated heterocycles. The van der Waals surface area contributed by atoms with Crippen LogP contribution in [0.3, 0.4) is 0 Å². The number of fused-ring (bicyclic) bond motifs is 13. The lowest BCUT2D eigenvalue weighted by atomic mass is 9.85. The lowest BCUT2D eigenvalue weighted by molar-refractivity contribution is -0.175. The molecule has 0 amide bonds. The van der Waals surface area contributed by atoms with Gasteiger partial charge in [0.25, 0.3) is 0 Å². The van der Waals surface area contributed by atoms with E-state index < -0.39 is 48.6 Å². The molecule has 0 aromatic rings. The predicted molar refractivity (Wildman–Crippen MR) is 222 cm³/mol. The standard InChI is InChI=1S/C47H66O11/c1-30(17-14-15-23-44(50)51)27-31(2)47-40-26-25-34(54-47)18-10-6-5-7-11-19-35(48)46(53)43-28-36(49)32(3)37(56-43)21-16-22-38-33(4)41-29-42(55-38)39(57-41)20-12-8-9-13-24-45(52)58-40/h6,8-13,16,19-20,22,24-27,30,32-43,46-49,53H,5,7,14-15,17-18,21,23,28-29H2,1-4H3,(H,50,51)/b9-8-,10-6+,19-11+,20-12+,22-16+,24-13-,31-27+/t30-,32-,33+,34+,35-,36+,37-,38+,39-,40-,41-,42-,43-,46?,47+/m1/s1. The largest absolute Gasteiger partial charge is 0.481 e. The van der Waals surface area contributed by atoms with Gasteiger partial charge in [-0.15, -0.1) is 0 Å². The van der Waals surface area contributed by atoms with Crippen molar-refractivity contribution in [3.8, 4) is 0 Å². The van der Waals surface area contributed by atoms with E-state index >= 15 is 0 Å². The van der Waals surface area contributed by atoms with Crippen LogP contribution >= 0.6 is 0 Å². The maximum atomic E-state index is 13.0. The summed E-state index contributed by atoms with van der Waals surface area (Å²) in [4.78, 5) is 23.9. The lowest BCUT2D eigenvalue weighted by Gasteiger charge is -2.40. The van der Waals surface area contributed by atoms with Gasteiger partial charge in [-0.1, -0.05) is 106 Å². The first kappa shape index (κ1) is 45.7. The van der Waals surface area contributed by atoms with Crippen LogP contribution in [0.5, 0.6) is 0 Å². The Morgan fingerprint density at radius 1 is 0.759 bits per heavy atom. The molecular weight excluding hydrogens is 741 g/mol. The Hall–Kier alpha value is -3.42. The summed E-state index contributed by atoms with van der Waals surface area (Å²) in [6, 6.07) is 0.